The molecule has 0 aliphatic carbocycles. The van der Waals surface area contributed by atoms with E-state index in [0.717, 1.165) is 16.9 Å². The fourth-order valence-electron chi connectivity index (χ4n) is 4.60. The Hall–Kier alpha value is -4.95. The normalized spacial score (nSPS) is 13.8. The molecule has 0 spiro atoms. The van der Waals surface area contributed by atoms with E-state index in [-0.39, 0.29) is 29.0 Å². The number of carboxylic acids is 1. The van der Waals surface area contributed by atoms with Crippen LogP contribution in [0, 0.1) is 0 Å². The van der Waals surface area contributed by atoms with Gasteiger partial charge in [-0.3, -0.25) is 4.79 Å². The predicted octanol–water partition coefficient (Wildman–Crippen LogP) is 5.76. The lowest BCUT2D eigenvalue weighted by Gasteiger charge is -2.24. The van der Waals surface area contributed by atoms with Crippen LogP contribution < -0.4 is 4.74 Å². The number of ether oxygens (including phenoxy) is 3. The van der Waals surface area contributed by atoms with Crippen LogP contribution in [0.1, 0.15) is 49.3 Å². The van der Waals surface area contributed by atoms with Crippen molar-refractivity contribution in [2.75, 3.05) is 7.11 Å². The maximum Gasteiger partial charge on any atom is 0.341 e. The predicted molar refractivity (Wildman–Crippen MR) is 146 cm³/mol. The largest absolute Gasteiger partial charge is 0.478 e. The second kappa shape index (κ2) is 11.8. The minimum Gasteiger partial charge on any atom is -0.478 e. The number of hydrogen-bond acceptors (Lipinski definition) is 6. The summed E-state index contributed by atoms with van der Waals surface area (Å²) in [6, 6.07) is 29.2. The number of carbonyl (C=O) groups is 3. The lowest BCUT2D eigenvalue weighted by atomic mass is 9.96. The van der Waals surface area contributed by atoms with E-state index < -0.39 is 18.2 Å². The van der Waals surface area contributed by atoms with Gasteiger partial charge in [-0.1, -0.05) is 60.7 Å². The van der Waals surface area contributed by atoms with Crippen LogP contribution >= 0.6 is 0 Å². The van der Waals surface area contributed by atoms with Crippen LogP contribution in [0.3, 0.4) is 0 Å². The Balaban J connectivity index is 1.39. The van der Waals surface area contributed by atoms with E-state index in [1.165, 1.54) is 19.2 Å². The van der Waals surface area contributed by atoms with Crippen molar-refractivity contribution >= 4 is 17.8 Å². The molecule has 1 unspecified atom stereocenters. The molecular weight excluding hydrogens is 510 g/mol. The fraction of sp³-hybridized carbons (Fsp3) is 0.156. The first kappa shape index (κ1) is 26.6. The van der Waals surface area contributed by atoms with Crippen molar-refractivity contribution in [1.82, 2.24) is 4.90 Å². The molecule has 0 radical (unpaired) electrons. The number of hydrogen-bond donors (Lipinski definition) is 1. The number of nitrogens with zero attached hydrogens (tertiary/aromatic N) is 1. The molecule has 0 fully saturated rings. The molecule has 8 heteroatoms. The maximum absolute atomic E-state index is 13.7. The van der Waals surface area contributed by atoms with Gasteiger partial charge in [0, 0.05) is 25.8 Å². The number of cyclic esters (lactones) is 1. The third-order valence-electron chi connectivity index (χ3n) is 6.59. The average molecular weight is 538 g/mol. The molecule has 0 aromatic heterocycles. The number of aromatic carboxylic acids is 1. The van der Waals surface area contributed by atoms with Crippen LogP contribution in [-0.4, -0.2) is 35.0 Å². The highest BCUT2D eigenvalue weighted by molar-refractivity contribution is 5.98. The third kappa shape index (κ3) is 6.03. The number of methoxy groups -OCH3 is 1. The van der Waals surface area contributed by atoms with Crippen molar-refractivity contribution in [1.29, 1.82) is 0 Å². The third-order valence-corrected chi connectivity index (χ3v) is 6.59. The molecule has 202 valence electrons. The molecule has 4 aromatic rings. The van der Waals surface area contributed by atoms with Crippen molar-refractivity contribution in [2.24, 2.45) is 0 Å². The van der Waals surface area contributed by atoms with Crippen LogP contribution in [0.2, 0.25) is 0 Å². The zero-order chi connectivity index (χ0) is 28.1. The Labute approximate surface area is 231 Å². The number of fused-ring (bicyclic) bond motifs is 1. The summed E-state index contributed by atoms with van der Waals surface area (Å²) in [5.41, 5.74) is 2.50. The van der Waals surface area contributed by atoms with E-state index in [4.69, 9.17) is 14.2 Å². The number of para-hydroxylation sites is 1. The molecule has 0 saturated carbocycles. The quantitative estimate of drug-likeness (QED) is 0.257. The second-order valence-electron chi connectivity index (χ2n) is 9.35. The molecule has 1 N–H and O–H groups in total. The van der Waals surface area contributed by atoms with E-state index in [1.807, 2.05) is 84.9 Å². The van der Waals surface area contributed by atoms with Crippen molar-refractivity contribution in [2.45, 2.75) is 25.8 Å². The second-order valence-corrected chi connectivity index (χ2v) is 9.35. The zero-order valence-electron chi connectivity index (χ0n) is 21.8. The summed E-state index contributed by atoms with van der Waals surface area (Å²) in [7, 11) is 1.37. The van der Waals surface area contributed by atoms with Crippen LogP contribution in [-0.2, 0) is 33.8 Å². The minimum atomic E-state index is -1.21. The van der Waals surface area contributed by atoms with Crippen molar-refractivity contribution in [3.8, 4) is 11.5 Å². The highest BCUT2D eigenvalue weighted by Crippen LogP contribution is 2.34. The van der Waals surface area contributed by atoms with Gasteiger partial charge in [0.2, 0.25) is 12.2 Å². The Morgan fingerprint density at radius 2 is 1.45 bits per heavy atom. The number of carbonyl (C=O) groups excluding carboxylic acids is 2. The van der Waals surface area contributed by atoms with Crippen molar-refractivity contribution in [3.05, 3.63) is 130 Å². The molecule has 1 aliphatic rings. The van der Waals surface area contributed by atoms with Gasteiger partial charge in [0.05, 0.1) is 17.5 Å². The highest BCUT2D eigenvalue weighted by Gasteiger charge is 2.34. The maximum atomic E-state index is 13.7. The summed E-state index contributed by atoms with van der Waals surface area (Å²) in [6.45, 7) is 0.615. The molecule has 1 amide bonds. The molecular formula is C32H27NO7. The van der Waals surface area contributed by atoms with Gasteiger partial charge in [0.15, 0.2) is 0 Å². The van der Waals surface area contributed by atoms with E-state index in [9.17, 15) is 19.5 Å². The molecule has 5 rings (SSSR count). The number of amides is 1. The van der Waals surface area contributed by atoms with Gasteiger partial charge in [-0.15, -0.1) is 0 Å². The Morgan fingerprint density at radius 1 is 0.850 bits per heavy atom. The topological polar surface area (TPSA) is 102 Å². The number of esters is 1. The van der Waals surface area contributed by atoms with E-state index in [0.29, 0.717) is 24.4 Å². The van der Waals surface area contributed by atoms with E-state index >= 15 is 0 Å². The first-order chi connectivity index (χ1) is 19.4. The Bertz CT molecular complexity index is 1520. The van der Waals surface area contributed by atoms with Gasteiger partial charge < -0.3 is 24.2 Å². The fourth-order valence-corrected chi connectivity index (χ4v) is 4.60. The first-order valence-corrected chi connectivity index (χ1v) is 12.7. The SMILES string of the molecule is COC1OC(=O)c2cc(CC(=O)N(Cc3ccccc3)Cc3ccc(Oc4ccccc4)cc3)c(C(=O)O)cc21. The first-order valence-electron chi connectivity index (χ1n) is 12.7. The van der Waals surface area contributed by atoms with Gasteiger partial charge in [-0.2, -0.15) is 0 Å². The summed E-state index contributed by atoms with van der Waals surface area (Å²) in [4.78, 5) is 39.8. The summed E-state index contributed by atoms with van der Waals surface area (Å²) in [6.07, 6.45) is -1.18. The van der Waals surface area contributed by atoms with Gasteiger partial charge >= 0.3 is 11.9 Å². The molecule has 1 aliphatic heterocycles. The molecule has 0 saturated heterocycles. The van der Waals surface area contributed by atoms with Gasteiger partial charge in [-0.05, 0) is 53.1 Å². The van der Waals surface area contributed by atoms with Crippen molar-refractivity contribution in [3.63, 3.8) is 0 Å². The van der Waals surface area contributed by atoms with Crippen molar-refractivity contribution < 1.29 is 33.7 Å². The number of benzene rings is 4. The molecule has 0 bridgehead atoms. The van der Waals surface area contributed by atoms with E-state index in [2.05, 4.69) is 0 Å². The molecule has 8 nitrogen and oxygen atoms in total. The Morgan fingerprint density at radius 3 is 2.08 bits per heavy atom. The summed E-state index contributed by atoms with van der Waals surface area (Å²) >= 11 is 0. The smallest absolute Gasteiger partial charge is 0.341 e. The van der Waals surface area contributed by atoms with Gasteiger partial charge in [0.1, 0.15) is 11.5 Å². The molecule has 1 heterocycles. The van der Waals surface area contributed by atoms with Crippen LogP contribution in [0.5, 0.6) is 11.5 Å². The number of rotatable bonds is 10. The van der Waals surface area contributed by atoms with Gasteiger partial charge in [-0.25, -0.2) is 9.59 Å². The van der Waals surface area contributed by atoms with Gasteiger partial charge in [0.25, 0.3) is 0 Å². The summed E-state index contributed by atoms with van der Waals surface area (Å²) < 4.78 is 16.2. The molecule has 1 atom stereocenters. The average Bonchev–Trinajstić information content (AvgIpc) is 3.28. The molecule has 40 heavy (non-hydrogen) atoms. The minimum absolute atomic E-state index is 0.0745. The van der Waals surface area contributed by atoms with Crippen LogP contribution in [0.15, 0.2) is 97.1 Å². The van der Waals surface area contributed by atoms with Crippen LogP contribution in [0.4, 0.5) is 0 Å². The lowest BCUT2D eigenvalue weighted by molar-refractivity contribution is -0.131. The standard InChI is InChI=1S/C32H27NO7/c1-38-32-28-18-26(30(35)36)23(16-27(28)31(37)40-32)17-29(34)33(19-21-8-4-2-5-9-21)20-22-12-14-25(15-13-22)39-24-10-6-3-7-11-24/h2-16,18,32H,17,19-20H2,1H3,(H,35,36). The zero-order valence-corrected chi connectivity index (χ0v) is 21.8. The number of carboxylic acid groups (broad SMARTS) is 1. The summed E-state index contributed by atoms with van der Waals surface area (Å²) in [5, 5.41) is 9.87. The summed E-state index contributed by atoms with van der Waals surface area (Å²) in [5.74, 6) is -0.720. The molecule has 4 aromatic carbocycles. The van der Waals surface area contributed by atoms with E-state index in [1.54, 1.807) is 4.90 Å². The van der Waals surface area contributed by atoms with Crippen LogP contribution in [0.25, 0.3) is 0 Å². The Kier molecular flexibility index (Phi) is 7.89. The highest BCUT2D eigenvalue weighted by atomic mass is 16.7. The monoisotopic (exact) mass is 537 g/mol. The lowest BCUT2D eigenvalue weighted by Crippen LogP contribution is -2.32.